The predicted octanol–water partition coefficient (Wildman–Crippen LogP) is 5.29. The van der Waals surface area contributed by atoms with Crippen molar-refractivity contribution in [1.29, 1.82) is 0 Å². The van der Waals surface area contributed by atoms with Crippen LogP contribution in [-0.2, 0) is 0 Å². The highest BCUT2D eigenvalue weighted by Crippen LogP contribution is 2.30. The highest BCUT2D eigenvalue weighted by Gasteiger charge is 2.23. The van der Waals surface area contributed by atoms with Crippen molar-refractivity contribution < 1.29 is 27.1 Å². The van der Waals surface area contributed by atoms with Crippen LogP contribution in [0.1, 0.15) is 10.4 Å². The van der Waals surface area contributed by atoms with E-state index in [1.165, 1.54) is 6.07 Å². The van der Waals surface area contributed by atoms with Gasteiger partial charge >= 0.3 is 0 Å². The van der Waals surface area contributed by atoms with Crippen molar-refractivity contribution in [2.45, 2.75) is 0 Å². The molecule has 1 amide bonds. The lowest BCUT2D eigenvalue weighted by Gasteiger charge is -2.13. The fourth-order valence-electron chi connectivity index (χ4n) is 2.20. The number of hydrogen-bond donors (Lipinski definition) is 1. The monoisotopic (exact) mass is 361 g/mol. The molecule has 0 bridgehead atoms. The highest BCUT2D eigenvalue weighted by molar-refractivity contribution is 6.05. The summed E-state index contributed by atoms with van der Waals surface area (Å²) in [5.74, 6) is -7.90. The van der Waals surface area contributed by atoms with E-state index in [2.05, 4.69) is 5.32 Å². The maximum Gasteiger partial charge on any atom is 0.258 e. The van der Waals surface area contributed by atoms with Gasteiger partial charge in [0.2, 0.25) is 0 Å². The van der Waals surface area contributed by atoms with Gasteiger partial charge in [-0.1, -0.05) is 30.3 Å². The van der Waals surface area contributed by atoms with E-state index >= 15 is 0 Å². The molecule has 0 aromatic heterocycles. The van der Waals surface area contributed by atoms with E-state index in [1.54, 1.807) is 48.5 Å². The minimum absolute atomic E-state index is 0.144. The van der Waals surface area contributed by atoms with Gasteiger partial charge in [-0.25, -0.2) is 17.6 Å². The van der Waals surface area contributed by atoms with Crippen LogP contribution in [-0.4, -0.2) is 5.91 Å². The van der Waals surface area contributed by atoms with Crippen molar-refractivity contribution in [2.75, 3.05) is 5.32 Å². The van der Waals surface area contributed by atoms with E-state index in [4.69, 9.17) is 4.74 Å². The second-order valence-electron chi connectivity index (χ2n) is 5.21. The average molecular weight is 361 g/mol. The second kappa shape index (κ2) is 7.26. The molecule has 0 heterocycles. The number of hydrogen-bond acceptors (Lipinski definition) is 2. The van der Waals surface area contributed by atoms with Crippen LogP contribution in [0.15, 0.2) is 60.7 Å². The fraction of sp³-hybridized carbons (Fsp3) is 0. The predicted molar refractivity (Wildman–Crippen MR) is 87.2 cm³/mol. The molecule has 132 valence electrons. The molecule has 26 heavy (non-hydrogen) atoms. The topological polar surface area (TPSA) is 38.3 Å². The van der Waals surface area contributed by atoms with Gasteiger partial charge in [0.1, 0.15) is 5.75 Å². The van der Waals surface area contributed by atoms with Crippen LogP contribution in [0, 0.1) is 23.3 Å². The van der Waals surface area contributed by atoms with E-state index in [0.717, 1.165) is 0 Å². The lowest BCUT2D eigenvalue weighted by atomic mass is 10.1. The van der Waals surface area contributed by atoms with Crippen molar-refractivity contribution in [2.24, 2.45) is 0 Å². The number of anilines is 1. The third-order valence-corrected chi connectivity index (χ3v) is 3.45. The summed E-state index contributed by atoms with van der Waals surface area (Å²) in [6.45, 7) is 0. The zero-order valence-corrected chi connectivity index (χ0v) is 13.1. The molecule has 0 aliphatic heterocycles. The van der Waals surface area contributed by atoms with Crippen LogP contribution in [0.5, 0.6) is 11.5 Å². The number of carbonyl (C=O) groups is 1. The zero-order valence-electron chi connectivity index (χ0n) is 13.1. The van der Waals surface area contributed by atoms with E-state index < -0.39 is 34.7 Å². The summed E-state index contributed by atoms with van der Waals surface area (Å²) in [6.07, 6.45) is 0. The molecule has 3 aromatic carbocycles. The van der Waals surface area contributed by atoms with Crippen molar-refractivity contribution in [3.8, 4) is 11.5 Å². The van der Waals surface area contributed by atoms with Crippen LogP contribution in [0.2, 0.25) is 0 Å². The molecule has 0 spiro atoms. The third kappa shape index (κ3) is 3.51. The molecule has 0 radical (unpaired) electrons. The van der Waals surface area contributed by atoms with Gasteiger partial charge in [0.05, 0.1) is 11.3 Å². The van der Waals surface area contributed by atoms with E-state index in [9.17, 15) is 22.4 Å². The van der Waals surface area contributed by atoms with Crippen LogP contribution >= 0.6 is 0 Å². The molecule has 3 nitrogen and oxygen atoms in total. The number of amides is 1. The molecule has 7 heteroatoms. The van der Waals surface area contributed by atoms with Gasteiger partial charge in [-0.2, -0.15) is 0 Å². The van der Waals surface area contributed by atoms with Gasteiger partial charge in [0.15, 0.2) is 29.0 Å². The van der Waals surface area contributed by atoms with Crippen molar-refractivity contribution in [1.82, 2.24) is 0 Å². The van der Waals surface area contributed by atoms with Gasteiger partial charge in [-0.3, -0.25) is 4.79 Å². The molecule has 0 unspecified atom stereocenters. The number of nitrogens with one attached hydrogen (secondary N) is 1. The summed E-state index contributed by atoms with van der Waals surface area (Å²) in [5, 5.41) is 2.30. The van der Waals surface area contributed by atoms with Gasteiger partial charge in [0.25, 0.3) is 5.91 Å². The van der Waals surface area contributed by atoms with Gasteiger partial charge in [-0.15, -0.1) is 0 Å². The lowest BCUT2D eigenvalue weighted by molar-refractivity contribution is 0.102. The zero-order chi connectivity index (χ0) is 18.7. The molecular weight excluding hydrogens is 350 g/mol. The number of benzene rings is 3. The number of para-hydroxylation sites is 3. The third-order valence-electron chi connectivity index (χ3n) is 3.45. The van der Waals surface area contributed by atoms with Crippen molar-refractivity contribution >= 4 is 11.6 Å². The summed E-state index contributed by atoms with van der Waals surface area (Å²) in [7, 11) is 0. The number of rotatable bonds is 4. The second-order valence-corrected chi connectivity index (χ2v) is 5.21. The Morgan fingerprint density at radius 2 is 1.46 bits per heavy atom. The Morgan fingerprint density at radius 1 is 0.808 bits per heavy atom. The summed E-state index contributed by atoms with van der Waals surface area (Å²) >= 11 is 0. The number of halogens is 4. The average Bonchev–Trinajstić information content (AvgIpc) is 2.65. The van der Waals surface area contributed by atoms with Gasteiger partial charge in [0, 0.05) is 0 Å². The Balaban J connectivity index is 1.89. The maximum absolute atomic E-state index is 13.8. The minimum atomic E-state index is -2.05. The van der Waals surface area contributed by atoms with Crippen molar-refractivity contribution in [3.05, 3.63) is 89.5 Å². The molecule has 3 aromatic rings. The summed E-state index contributed by atoms with van der Waals surface area (Å²) in [5.41, 5.74) is -0.818. The largest absolute Gasteiger partial charge is 0.455 e. The SMILES string of the molecule is O=C(Nc1ccccc1Oc1ccccc1)c1cc(F)c(F)c(F)c1F. The first-order valence-corrected chi connectivity index (χ1v) is 7.43. The normalized spacial score (nSPS) is 10.5. The standard InChI is InChI=1S/C19H11F4NO2/c20-13-10-12(16(21)18(23)17(13)22)19(25)24-14-8-4-5-9-15(14)26-11-6-2-1-3-7-11/h1-10H,(H,24,25). The summed E-state index contributed by atoms with van der Waals surface area (Å²) in [4.78, 5) is 12.2. The molecule has 3 rings (SSSR count). The first kappa shape index (κ1) is 17.5. The number of carbonyl (C=O) groups excluding carboxylic acids is 1. The van der Waals surface area contributed by atoms with Gasteiger partial charge in [-0.05, 0) is 30.3 Å². The molecule has 0 atom stereocenters. The molecule has 0 saturated heterocycles. The lowest BCUT2D eigenvalue weighted by Crippen LogP contribution is -2.16. The van der Waals surface area contributed by atoms with E-state index in [-0.39, 0.29) is 11.4 Å². The number of ether oxygens (including phenoxy) is 1. The smallest absolute Gasteiger partial charge is 0.258 e. The molecule has 0 saturated carbocycles. The van der Waals surface area contributed by atoms with Crippen LogP contribution < -0.4 is 10.1 Å². The minimum Gasteiger partial charge on any atom is -0.455 e. The van der Waals surface area contributed by atoms with Crippen LogP contribution in [0.25, 0.3) is 0 Å². The van der Waals surface area contributed by atoms with E-state index in [0.29, 0.717) is 11.8 Å². The fourth-order valence-corrected chi connectivity index (χ4v) is 2.20. The van der Waals surface area contributed by atoms with Gasteiger partial charge < -0.3 is 10.1 Å². The first-order valence-electron chi connectivity index (χ1n) is 7.43. The highest BCUT2D eigenvalue weighted by atomic mass is 19.2. The summed E-state index contributed by atoms with van der Waals surface area (Å²) in [6, 6.07) is 15.2. The van der Waals surface area contributed by atoms with E-state index in [1.807, 2.05) is 0 Å². The molecule has 0 aliphatic carbocycles. The molecular formula is C19H11F4NO2. The Kier molecular flexibility index (Phi) is 4.88. The Hall–Kier alpha value is -3.35. The van der Waals surface area contributed by atoms with Crippen LogP contribution in [0.4, 0.5) is 23.2 Å². The van der Waals surface area contributed by atoms with Crippen LogP contribution in [0.3, 0.4) is 0 Å². The maximum atomic E-state index is 13.8. The molecule has 1 N–H and O–H groups in total. The summed E-state index contributed by atoms with van der Waals surface area (Å²) < 4.78 is 59.0. The molecule has 0 aliphatic rings. The molecule has 0 fully saturated rings. The first-order chi connectivity index (χ1) is 12.5. The quantitative estimate of drug-likeness (QED) is 0.390. The Labute approximate surface area is 145 Å². The Morgan fingerprint density at radius 3 is 2.19 bits per heavy atom. The Bertz CT molecular complexity index is 961. The van der Waals surface area contributed by atoms with Crippen molar-refractivity contribution in [3.63, 3.8) is 0 Å².